The molecule has 1 aromatic rings. The lowest BCUT2D eigenvalue weighted by Crippen LogP contribution is -2.60. The zero-order valence-electron chi connectivity index (χ0n) is 13.2. The highest BCUT2D eigenvalue weighted by atomic mass is 35.5. The van der Waals surface area contributed by atoms with Crippen LogP contribution in [0.25, 0.3) is 0 Å². The van der Waals surface area contributed by atoms with Gasteiger partial charge in [0.2, 0.25) is 0 Å². The predicted octanol–water partition coefficient (Wildman–Crippen LogP) is 1.18. The second kappa shape index (κ2) is 6.98. The number of halogens is 1. The van der Waals surface area contributed by atoms with E-state index < -0.39 is 0 Å². The lowest BCUT2D eigenvalue weighted by molar-refractivity contribution is -0.114. The Balaban J connectivity index is 0.00000176. The zero-order chi connectivity index (χ0) is 14.9. The van der Waals surface area contributed by atoms with Crippen LogP contribution in [0.1, 0.15) is 41.7 Å². The molecule has 1 spiro atoms. The van der Waals surface area contributed by atoms with E-state index in [1.54, 1.807) is 10.9 Å². The average Bonchev–Trinajstić information content (AvgIpc) is 2.81. The molecule has 0 bridgehead atoms. The second-order valence-corrected chi connectivity index (χ2v) is 6.13. The van der Waals surface area contributed by atoms with Gasteiger partial charge in [0, 0.05) is 19.9 Å². The Morgan fingerprint density at radius 2 is 2.23 bits per heavy atom. The van der Waals surface area contributed by atoms with Gasteiger partial charge in [-0.1, -0.05) is 0 Å². The molecule has 1 atom stereocenters. The molecule has 22 heavy (non-hydrogen) atoms. The number of hydrogen-bond donors (Lipinski definition) is 2. The SMILES string of the molecule is Cc1nn(C)cc1C(=O)NC1CCCOC12CCNCC2.Cl. The lowest BCUT2D eigenvalue weighted by atomic mass is 9.80. The number of piperidine rings is 1. The fourth-order valence-electron chi connectivity index (χ4n) is 3.53. The minimum Gasteiger partial charge on any atom is -0.373 e. The predicted molar refractivity (Wildman–Crippen MR) is 86.5 cm³/mol. The third-order valence-electron chi connectivity index (χ3n) is 4.68. The Bertz CT molecular complexity index is 517. The third-order valence-corrected chi connectivity index (χ3v) is 4.68. The molecule has 0 aliphatic carbocycles. The quantitative estimate of drug-likeness (QED) is 0.855. The summed E-state index contributed by atoms with van der Waals surface area (Å²) in [6.45, 7) is 4.58. The first kappa shape index (κ1) is 17.2. The highest BCUT2D eigenvalue weighted by Crippen LogP contribution is 2.33. The maximum Gasteiger partial charge on any atom is 0.255 e. The first-order chi connectivity index (χ1) is 10.1. The molecule has 1 amide bonds. The fraction of sp³-hybridized carbons (Fsp3) is 0.733. The van der Waals surface area contributed by atoms with E-state index in [0.29, 0.717) is 5.56 Å². The molecule has 3 heterocycles. The summed E-state index contributed by atoms with van der Waals surface area (Å²) in [7, 11) is 1.84. The molecule has 2 N–H and O–H groups in total. The summed E-state index contributed by atoms with van der Waals surface area (Å²) >= 11 is 0. The fourth-order valence-corrected chi connectivity index (χ4v) is 3.53. The van der Waals surface area contributed by atoms with Gasteiger partial charge in [0.1, 0.15) is 0 Å². The van der Waals surface area contributed by atoms with E-state index in [-0.39, 0.29) is 30.0 Å². The van der Waals surface area contributed by atoms with Crippen LogP contribution in [-0.2, 0) is 11.8 Å². The number of nitrogens with zero attached hydrogens (tertiary/aromatic N) is 2. The van der Waals surface area contributed by atoms with Crippen molar-refractivity contribution in [2.24, 2.45) is 7.05 Å². The van der Waals surface area contributed by atoms with Crippen molar-refractivity contribution in [1.29, 1.82) is 0 Å². The van der Waals surface area contributed by atoms with E-state index in [0.717, 1.165) is 51.1 Å². The summed E-state index contributed by atoms with van der Waals surface area (Å²) in [5.41, 5.74) is 1.24. The largest absolute Gasteiger partial charge is 0.373 e. The summed E-state index contributed by atoms with van der Waals surface area (Å²) in [6, 6.07) is 0.0976. The molecule has 124 valence electrons. The van der Waals surface area contributed by atoms with Crippen molar-refractivity contribution in [1.82, 2.24) is 20.4 Å². The monoisotopic (exact) mass is 328 g/mol. The number of hydrogen-bond acceptors (Lipinski definition) is 4. The van der Waals surface area contributed by atoms with E-state index in [2.05, 4.69) is 15.7 Å². The van der Waals surface area contributed by atoms with Crippen molar-refractivity contribution in [2.75, 3.05) is 19.7 Å². The molecule has 6 nitrogen and oxygen atoms in total. The average molecular weight is 329 g/mol. The van der Waals surface area contributed by atoms with Gasteiger partial charge in [-0.3, -0.25) is 9.48 Å². The first-order valence-electron chi connectivity index (χ1n) is 7.76. The van der Waals surface area contributed by atoms with Gasteiger partial charge in [-0.15, -0.1) is 12.4 Å². The molecule has 0 aromatic carbocycles. The number of carbonyl (C=O) groups excluding carboxylic acids is 1. The van der Waals surface area contributed by atoms with Gasteiger partial charge in [0.25, 0.3) is 5.91 Å². The van der Waals surface area contributed by atoms with Crippen molar-refractivity contribution in [3.05, 3.63) is 17.5 Å². The first-order valence-corrected chi connectivity index (χ1v) is 7.76. The Kier molecular flexibility index (Phi) is 5.47. The minimum absolute atomic E-state index is 0. The van der Waals surface area contributed by atoms with Crippen molar-refractivity contribution < 1.29 is 9.53 Å². The number of carbonyl (C=O) groups is 1. The van der Waals surface area contributed by atoms with Crippen LogP contribution in [0, 0.1) is 6.92 Å². The molecule has 7 heteroatoms. The minimum atomic E-state index is -0.185. The Labute approximate surface area is 137 Å². The number of ether oxygens (including phenoxy) is 1. The van der Waals surface area contributed by atoms with Gasteiger partial charge >= 0.3 is 0 Å². The van der Waals surface area contributed by atoms with Crippen LogP contribution in [0.4, 0.5) is 0 Å². The summed E-state index contributed by atoms with van der Waals surface area (Å²) < 4.78 is 7.80. The van der Waals surface area contributed by atoms with Gasteiger partial charge in [-0.05, 0) is 45.7 Å². The smallest absolute Gasteiger partial charge is 0.255 e. The highest BCUT2D eigenvalue weighted by Gasteiger charge is 2.43. The van der Waals surface area contributed by atoms with Crippen LogP contribution in [0.2, 0.25) is 0 Å². The molecule has 0 radical (unpaired) electrons. The van der Waals surface area contributed by atoms with Gasteiger partial charge in [-0.25, -0.2) is 0 Å². The molecule has 3 rings (SSSR count). The maximum atomic E-state index is 12.5. The summed E-state index contributed by atoms with van der Waals surface area (Å²) in [5.74, 6) is -0.0333. The molecule has 2 saturated heterocycles. The number of rotatable bonds is 2. The second-order valence-electron chi connectivity index (χ2n) is 6.13. The van der Waals surface area contributed by atoms with Crippen LogP contribution < -0.4 is 10.6 Å². The van der Waals surface area contributed by atoms with Crippen LogP contribution >= 0.6 is 12.4 Å². The van der Waals surface area contributed by atoms with E-state index >= 15 is 0 Å². The van der Waals surface area contributed by atoms with Gasteiger partial charge in [0.15, 0.2) is 0 Å². The topological polar surface area (TPSA) is 68.2 Å². The van der Waals surface area contributed by atoms with Crippen molar-refractivity contribution in [3.8, 4) is 0 Å². The summed E-state index contributed by atoms with van der Waals surface area (Å²) in [5, 5.41) is 10.8. The molecule has 2 aliphatic rings. The van der Waals surface area contributed by atoms with Crippen LogP contribution in [0.3, 0.4) is 0 Å². The van der Waals surface area contributed by atoms with Gasteiger partial charge < -0.3 is 15.4 Å². The molecular weight excluding hydrogens is 304 g/mol. The molecule has 0 saturated carbocycles. The lowest BCUT2D eigenvalue weighted by Gasteiger charge is -2.46. The number of aromatic nitrogens is 2. The third kappa shape index (κ3) is 3.29. The molecule has 1 unspecified atom stereocenters. The molecule has 1 aromatic heterocycles. The number of nitrogens with one attached hydrogen (secondary N) is 2. The standard InChI is InChI=1S/C15H24N4O2.ClH/c1-11-12(10-19(2)18-11)14(20)17-13-4-3-9-21-15(13)5-7-16-8-6-15;/h10,13,16H,3-9H2,1-2H3,(H,17,20);1H. The van der Waals surface area contributed by atoms with E-state index in [1.807, 2.05) is 14.0 Å². The Morgan fingerprint density at radius 1 is 1.50 bits per heavy atom. The zero-order valence-corrected chi connectivity index (χ0v) is 14.0. The van der Waals surface area contributed by atoms with Crippen LogP contribution in [0.5, 0.6) is 0 Å². The Morgan fingerprint density at radius 3 is 2.86 bits per heavy atom. The number of aryl methyl sites for hydroxylation is 2. The molecular formula is C15H25ClN4O2. The van der Waals surface area contributed by atoms with Crippen molar-refractivity contribution >= 4 is 18.3 Å². The van der Waals surface area contributed by atoms with E-state index in [1.165, 1.54) is 0 Å². The van der Waals surface area contributed by atoms with Crippen molar-refractivity contribution in [2.45, 2.75) is 44.2 Å². The van der Waals surface area contributed by atoms with Gasteiger partial charge in [0.05, 0.1) is 22.9 Å². The van der Waals surface area contributed by atoms with Crippen molar-refractivity contribution in [3.63, 3.8) is 0 Å². The van der Waals surface area contributed by atoms with E-state index in [9.17, 15) is 4.79 Å². The molecule has 2 fully saturated rings. The molecule has 2 aliphatic heterocycles. The normalized spacial score (nSPS) is 23.8. The van der Waals surface area contributed by atoms with Crippen LogP contribution in [0.15, 0.2) is 6.20 Å². The van der Waals surface area contributed by atoms with E-state index in [4.69, 9.17) is 4.74 Å². The highest BCUT2D eigenvalue weighted by molar-refractivity contribution is 5.95. The number of amides is 1. The maximum absolute atomic E-state index is 12.5. The van der Waals surface area contributed by atoms with Gasteiger partial charge in [-0.2, -0.15) is 5.10 Å². The summed E-state index contributed by atoms with van der Waals surface area (Å²) in [4.78, 5) is 12.5. The summed E-state index contributed by atoms with van der Waals surface area (Å²) in [6.07, 6.45) is 5.70. The van der Waals surface area contributed by atoms with Crippen LogP contribution in [-0.4, -0.2) is 47.0 Å². The Hall–Kier alpha value is -1.11.